The molecule has 4 nitrogen and oxygen atoms in total. The average Bonchev–Trinajstić information content (AvgIpc) is 2.62. The Hall–Kier alpha value is -1.91. The van der Waals surface area contributed by atoms with Gasteiger partial charge in [0, 0.05) is 44.2 Å². The molecular formula is C21H30N4. The highest BCUT2D eigenvalue weighted by molar-refractivity contribution is 5.73. The van der Waals surface area contributed by atoms with Crippen molar-refractivity contribution >= 4 is 11.8 Å². The normalized spacial score (nSPS) is 24.2. The molecule has 2 heterocycles. The molecule has 1 aromatic carbocycles. The lowest BCUT2D eigenvalue weighted by atomic mass is 9.80. The first kappa shape index (κ1) is 17.9. The Morgan fingerprint density at radius 2 is 1.96 bits per heavy atom. The van der Waals surface area contributed by atoms with Crippen molar-refractivity contribution < 1.29 is 0 Å². The van der Waals surface area contributed by atoms with Crippen molar-refractivity contribution in [2.24, 2.45) is 4.99 Å². The van der Waals surface area contributed by atoms with E-state index in [-0.39, 0.29) is 5.41 Å². The molecule has 1 aromatic rings. The maximum absolute atomic E-state index is 4.91. The summed E-state index contributed by atoms with van der Waals surface area (Å²) in [5, 5.41) is 6.97. The maximum Gasteiger partial charge on any atom is 0.213 e. The standard InChI is InChI=1S/C21H30N4/c1-16(2)18-8-7-17(15-19(18)20(3,4)5)21(23-9-6-10-24-21)25-13-11-22-12-14-25/h6-10,15,22-23H,1,11-14H2,2-5H3. The first-order chi connectivity index (χ1) is 11.8. The number of hydrogen-bond acceptors (Lipinski definition) is 4. The van der Waals surface area contributed by atoms with E-state index in [1.54, 1.807) is 0 Å². The van der Waals surface area contributed by atoms with E-state index in [4.69, 9.17) is 4.99 Å². The van der Waals surface area contributed by atoms with Gasteiger partial charge in [0.05, 0.1) is 0 Å². The van der Waals surface area contributed by atoms with Crippen molar-refractivity contribution in [1.29, 1.82) is 0 Å². The van der Waals surface area contributed by atoms with Crippen LogP contribution < -0.4 is 10.6 Å². The minimum Gasteiger partial charge on any atom is -0.351 e. The second kappa shape index (κ2) is 6.77. The van der Waals surface area contributed by atoms with Gasteiger partial charge in [-0.05, 0) is 35.6 Å². The Labute approximate surface area is 151 Å². The van der Waals surface area contributed by atoms with Gasteiger partial charge < -0.3 is 10.6 Å². The molecule has 134 valence electrons. The summed E-state index contributed by atoms with van der Waals surface area (Å²) in [5.74, 6) is -0.523. The Morgan fingerprint density at radius 1 is 1.24 bits per heavy atom. The largest absolute Gasteiger partial charge is 0.351 e. The summed E-state index contributed by atoms with van der Waals surface area (Å²) in [7, 11) is 0. The van der Waals surface area contributed by atoms with Crippen LogP contribution in [-0.2, 0) is 11.2 Å². The fourth-order valence-corrected chi connectivity index (χ4v) is 3.65. The van der Waals surface area contributed by atoms with Gasteiger partial charge in [-0.25, -0.2) is 4.99 Å². The molecule has 0 bridgehead atoms. The molecule has 1 saturated heterocycles. The van der Waals surface area contributed by atoms with Gasteiger partial charge in [0.25, 0.3) is 0 Å². The van der Waals surface area contributed by atoms with Gasteiger partial charge in [0.1, 0.15) is 0 Å². The van der Waals surface area contributed by atoms with Gasteiger partial charge in [-0.15, -0.1) is 0 Å². The Kier molecular flexibility index (Phi) is 4.85. The van der Waals surface area contributed by atoms with E-state index in [1.165, 1.54) is 16.7 Å². The third kappa shape index (κ3) is 3.42. The van der Waals surface area contributed by atoms with Crippen LogP contribution in [0.2, 0.25) is 0 Å². The highest BCUT2D eigenvalue weighted by atomic mass is 15.4. The van der Waals surface area contributed by atoms with Crippen LogP contribution in [0.4, 0.5) is 0 Å². The fourth-order valence-electron chi connectivity index (χ4n) is 3.65. The summed E-state index contributed by atoms with van der Waals surface area (Å²) in [6.45, 7) is 16.9. The molecule has 0 spiro atoms. The van der Waals surface area contributed by atoms with E-state index in [9.17, 15) is 0 Å². The lowest BCUT2D eigenvalue weighted by Crippen LogP contribution is -2.59. The average molecular weight is 338 g/mol. The van der Waals surface area contributed by atoms with Crippen molar-refractivity contribution in [3.63, 3.8) is 0 Å². The van der Waals surface area contributed by atoms with Crippen molar-refractivity contribution in [3.8, 4) is 0 Å². The van der Waals surface area contributed by atoms with Gasteiger partial charge in [0.15, 0.2) is 0 Å². The summed E-state index contributed by atoms with van der Waals surface area (Å²) in [4.78, 5) is 7.33. The topological polar surface area (TPSA) is 39.7 Å². The molecule has 3 rings (SSSR count). The molecule has 0 saturated carbocycles. The van der Waals surface area contributed by atoms with Crippen molar-refractivity contribution in [2.45, 2.75) is 38.9 Å². The first-order valence-electron chi connectivity index (χ1n) is 9.09. The minimum atomic E-state index is -0.523. The molecule has 25 heavy (non-hydrogen) atoms. The molecule has 2 aliphatic heterocycles. The predicted molar refractivity (Wildman–Crippen MR) is 107 cm³/mol. The number of benzene rings is 1. The molecule has 1 atom stereocenters. The second-order valence-electron chi connectivity index (χ2n) is 7.98. The number of allylic oxidation sites excluding steroid dienone is 2. The Morgan fingerprint density at radius 3 is 2.52 bits per heavy atom. The smallest absolute Gasteiger partial charge is 0.213 e. The molecule has 4 heteroatoms. The minimum absolute atomic E-state index is 0.0448. The van der Waals surface area contributed by atoms with Crippen LogP contribution in [0.1, 0.15) is 44.4 Å². The van der Waals surface area contributed by atoms with Crippen LogP contribution in [0.15, 0.2) is 42.0 Å². The number of nitrogens with zero attached hydrogens (tertiary/aromatic N) is 2. The van der Waals surface area contributed by atoms with Crippen LogP contribution in [0.3, 0.4) is 0 Å². The summed E-state index contributed by atoms with van der Waals surface area (Å²) in [6.07, 6.45) is 5.85. The van der Waals surface area contributed by atoms with Crippen LogP contribution in [-0.4, -0.2) is 37.3 Å². The number of rotatable bonds is 3. The van der Waals surface area contributed by atoms with Crippen molar-refractivity contribution in [3.05, 3.63) is 53.7 Å². The highest BCUT2D eigenvalue weighted by Crippen LogP contribution is 2.36. The molecule has 1 unspecified atom stereocenters. The number of piperazine rings is 1. The molecule has 0 radical (unpaired) electrons. The summed E-state index contributed by atoms with van der Waals surface area (Å²) >= 11 is 0. The summed E-state index contributed by atoms with van der Waals surface area (Å²) < 4.78 is 0. The van der Waals surface area contributed by atoms with Crippen LogP contribution in [0.25, 0.3) is 5.57 Å². The van der Waals surface area contributed by atoms with Gasteiger partial charge in [-0.1, -0.05) is 45.1 Å². The molecule has 0 amide bonds. The molecular weight excluding hydrogens is 308 g/mol. The molecule has 2 aliphatic rings. The van der Waals surface area contributed by atoms with E-state index in [0.717, 1.165) is 31.8 Å². The van der Waals surface area contributed by atoms with E-state index in [2.05, 4.69) is 68.0 Å². The molecule has 0 aliphatic carbocycles. The zero-order valence-corrected chi connectivity index (χ0v) is 15.9. The van der Waals surface area contributed by atoms with Crippen LogP contribution in [0, 0.1) is 0 Å². The lowest BCUT2D eigenvalue weighted by molar-refractivity contribution is 0.0583. The third-order valence-electron chi connectivity index (χ3n) is 4.99. The van der Waals surface area contributed by atoms with Crippen molar-refractivity contribution in [2.75, 3.05) is 26.2 Å². The SMILES string of the molecule is C=C(C)c1ccc(C2(N3CCNCC3)N=CC=CN2)cc1C(C)(C)C. The zero-order chi connectivity index (χ0) is 18.1. The van der Waals surface area contributed by atoms with Gasteiger partial charge in [-0.3, -0.25) is 4.90 Å². The Bertz CT molecular complexity index is 705. The van der Waals surface area contributed by atoms with Gasteiger partial charge >= 0.3 is 0 Å². The van der Waals surface area contributed by atoms with Crippen LogP contribution in [0.5, 0.6) is 0 Å². The predicted octanol–water partition coefficient (Wildman–Crippen LogP) is 3.22. The fraction of sp³-hybridized carbons (Fsp3) is 0.476. The van der Waals surface area contributed by atoms with E-state index < -0.39 is 5.79 Å². The van der Waals surface area contributed by atoms with E-state index in [0.29, 0.717) is 0 Å². The van der Waals surface area contributed by atoms with Crippen molar-refractivity contribution in [1.82, 2.24) is 15.5 Å². The number of aliphatic imine (C=N–C) groups is 1. The monoisotopic (exact) mass is 338 g/mol. The van der Waals surface area contributed by atoms with E-state index in [1.807, 2.05) is 18.5 Å². The zero-order valence-electron chi connectivity index (χ0n) is 15.9. The highest BCUT2D eigenvalue weighted by Gasteiger charge is 2.39. The molecule has 2 N–H and O–H groups in total. The molecule has 0 aromatic heterocycles. The summed E-state index contributed by atoms with van der Waals surface area (Å²) in [5.41, 5.74) is 4.89. The van der Waals surface area contributed by atoms with Gasteiger partial charge in [-0.2, -0.15) is 0 Å². The van der Waals surface area contributed by atoms with Gasteiger partial charge in [0.2, 0.25) is 5.79 Å². The second-order valence-corrected chi connectivity index (χ2v) is 7.98. The molecule has 1 fully saturated rings. The van der Waals surface area contributed by atoms with Crippen LogP contribution >= 0.6 is 0 Å². The number of nitrogens with one attached hydrogen (secondary N) is 2. The third-order valence-corrected chi connectivity index (χ3v) is 4.99. The number of hydrogen-bond donors (Lipinski definition) is 2. The maximum atomic E-state index is 4.91. The lowest BCUT2D eigenvalue weighted by Gasteiger charge is -2.44. The quantitative estimate of drug-likeness (QED) is 0.889. The first-order valence-corrected chi connectivity index (χ1v) is 9.09. The van der Waals surface area contributed by atoms with E-state index >= 15 is 0 Å². The summed E-state index contributed by atoms with van der Waals surface area (Å²) in [6, 6.07) is 6.72. The Balaban J connectivity index is 2.12.